The molecule has 0 fully saturated rings. The van der Waals surface area contributed by atoms with Gasteiger partial charge in [-0.1, -0.05) is 25.5 Å². The molecule has 1 aromatic carbocycles. The van der Waals surface area contributed by atoms with Gasteiger partial charge in [0.2, 0.25) is 5.82 Å². The lowest BCUT2D eigenvalue weighted by Gasteiger charge is -2.11. The second-order valence-corrected chi connectivity index (χ2v) is 7.49. The van der Waals surface area contributed by atoms with Gasteiger partial charge in [-0.05, 0) is 47.5 Å². The van der Waals surface area contributed by atoms with Gasteiger partial charge in [0.25, 0.3) is 0 Å². The summed E-state index contributed by atoms with van der Waals surface area (Å²) >= 11 is 0. The Morgan fingerprint density at radius 2 is 2.00 bits per heavy atom. The number of rotatable bonds is 7. The van der Waals surface area contributed by atoms with E-state index in [9.17, 15) is 0 Å². The Hall–Kier alpha value is -4.01. The second kappa shape index (κ2) is 8.02. The van der Waals surface area contributed by atoms with Crippen LogP contribution in [0.2, 0.25) is 0 Å². The van der Waals surface area contributed by atoms with Crippen molar-refractivity contribution in [3.63, 3.8) is 0 Å². The Morgan fingerprint density at radius 3 is 2.77 bits per heavy atom. The summed E-state index contributed by atoms with van der Waals surface area (Å²) < 4.78 is 4.27. The van der Waals surface area contributed by atoms with E-state index in [4.69, 9.17) is 10.7 Å². The maximum absolute atomic E-state index is 6.00. The van der Waals surface area contributed by atoms with Gasteiger partial charge in [-0.15, -0.1) is 10.2 Å². The third kappa shape index (κ3) is 3.65. The minimum absolute atomic E-state index is 0.560. The molecule has 5 aromatic rings. The fourth-order valence-corrected chi connectivity index (χ4v) is 3.77. The molecular weight excluding hydrogens is 390 g/mol. The number of imidazole rings is 1. The van der Waals surface area contributed by atoms with E-state index in [0.29, 0.717) is 18.1 Å². The highest BCUT2D eigenvalue weighted by Gasteiger charge is 2.13. The minimum Gasteiger partial charge on any atom is -0.397 e. The number of hydrogen-bond acceptors (Lipinski definition) is 6. The molecule has 0 saturated heterocycles. The van der Waals surface area contributed by atoms with Gasteiger partial charge in [0.15, 0.2) is 5.65 Å². The monoisotopic (exact) mass is 413 g/mol. The van der Waals surface area contributed by atoms with Crippen LogP contribution in [0.1, 0.15) is 31.2 Å². The van der Waals surface area contributed by atoms with Crippen LogP contribution in [-0.4, -0.2) is 39.7 Å². The molecule has 0 spiro atoms. The summed E-state index contributed by atoms with van der Waals surface area (Å²) in [5.41, 5.74) is 11.4. The fraction of sp³-hybridized carbons (Fsp3) is 0.227. The summed E-state index contributed by atoms with van der Waals surface area (Å²) in [4.78, 5) is 9.17. The SMILES string of the molecule is CCCCc1nc2ncc(N)cc2n1Cc1ccc(-n2cccc2-c2nn[nH]n2)cc1. The lowest BCUT2D eigenvalue weighted by Crippen LogP contribution is -2.06. The van der Waals surface area contributed by atoms with Gasteiger partial charge in [-0.25, -0.2) is 9.97 Å². The van der Waals surface area contributed by atoms with Crippen molar-refractivity contribution in [2.24, 2.45) is 0 Å². The van der Waals surface area contributed by atoms with Crippen molar-refractivity contribution in [1.29, 1.82) is 0 Å². The Labute approximate surface area is 178 Å². The molecule has 0 radical (unpaired) electrons. The number of nitrogens with two attached hydrogens (primary N) is 1. The number of nitrogens with one attached hydrogen (secondary N) is 1. The number of aryl methyl sites for hydroxylation is 1. The van der Waals surface area contributed by atoms with Gasteiger partial charge in [-0.2, -0.15) is 5.21 Å². The number of anilines is 1. The van der Waals surface area contributed by atoms with Crippen molar-refractivity contribution in [2.45, 2.75) is 32.7 Å². The number of aromatic nitrogens is 8. The van der Waals surface area contributed by atoms with Crippen molar-refractivity contribution < 1.29 is 0 Å². The van der Waals surface area contributed by atoms with E-state index >= 15 is 0 Å². The highest BCUT2D eigenvalue weighted by Crippen LogP contribution is 2.23. The van der Waals surface area contributed by atoms with Crippen LogP contribution >= 0.6 is 0 Å². The number of fused-ring (bicyclic) bond motifs is 1. The first-order valence-electron chi connectivity index (χ1n) is 10.3. The van der Waals surface area contributed by atoms with E-state index in [1.165, 1.54) is 5.56 Å². The topological polar surface area (TPSA) is 116 Å². The number of aromatic amines is 1. The highest BCUT2D eigenvalue weighted by atomic mass is 15.5. The van der Waals surface area contributed by atoms with Crippen LogP contribution in [0.5, 0.6) is 0 Å². The van der Waals surface area contributed by atoms with Crippen LogP contribution in [0.4, 0.5) is 5.69 Å². The number of benzene rings is 1. The summed E-state index contributed by atoms with van der Waals surface area (Å²) in [6.07, 6.45) is 6.78. The molecule has 0 aliphatic rings. The average Bonchev–Trinajstić information content (AvgIpc) is 3.53. The summed E-state index contributed by atoms with van der Waals surface area (Å²) in [5.74, 6) is 1.61. The number of tetrazole rings is 1. The van der Waals surface area contributed by atoms with Crippen molar-refractivity contribution in [2.75, 3.05) is 5.73 Å². The molecule has 9 heteroatoms. The molecule has 0 aliphatic heterocycles. The van der Waals surface area contributed by atoms with E-state index in [1.807, 2.05) is 29.0 Å². The Morgan fingerprint density at radius 1 is 1.13 bits per heavy atom. The Kier molecular flexibility index (Phi) is 4.91. The Bertz CT molecular complexity index is 1300. The minimum atomic E-state index is 0.560. The molecular formula is C22H23N9. The van der Waals surface area contributed by atoms with Gasteiger partial charge in [0, 0.05) is 24.8 Å². The van der Waals surface area contributed by atoms with Gasteiger partial charge in [-0.3, -0.25) is 0 Å². The first kappa shape index (κ1) is 19.0. The predicted octanol–water partition coefficient (Wildman–Crippen LogP) is 3.38. The van der Waals surface area contributed by atoms with Crippen molar-refractivity contribution >= 4 is 16.9 Å². The number of unbranched alkanes of at least 4 members (excludes halogenated alkanes) is 1. The zero-order valence-electron chi connectivity index (χ0n) is 17.2. The predicted molar refractivity (Wildman–Crippen MR) is 119 cm³/mol. The molecule has 0 unspecified atom stereocenters. The molecule has 156 valence electrons. The molecule has 9 nitrogen and oxygen atoms in total. The van der Waals surface area contributed by atoms with Gasteiger partial charge in [0.1, 0.15) is 5.82 Å². The van der Waals surface area contributed by atoms with Crippen molar-refractivity contribution in [1.82, 2.24) is 39.7 Å². The lowest BCUT2D eigenvalue weighted by atomic mass is 10.2. The van der Waals surface area contributed by atoms with E-state index in [1.54, 1.807) is 6.20 Å². The van der Waals surface area contributed by atoms with Gasteiger partial charge < -0.3 is 14.9 Å². The third-order valence-corrected chi connectivity index (χ3v) is 5.34. The molecule has 31 heavy (non-hydrogen) atoms. The maximum atomic E-state index is 6.00. The number of pyridine rings is 1. The quantitative estimate of drug-likeness (QED) is 0.422. The summed E-state index contributed by atoms with van der Waals surface area (Å²) in [7, 11) is 0. The highest BCUT2D eigenvalue weighted by molar-refractivity contribution is 5.75. The largest absolute Gasteiger partial charge is 0.397 e. The van der Waals surface area contributed by atoms with Crippen LogP contribution in [-0.2, 0) is 13.0 Å². The van der Waals surface area contributed by atoms with Crippen LogP contribution < -0.4 is 5.73 Å². The zero-order valence-corrected chi connectivity index (χ0v) is 17.2. The second-order valence-electron chi connectivity index (χ2n) is 7.49. The summed E-state index contributed by atoms with van der Waals surface area (Å²) in [5, 5.41) is 14.3. The number of H-pyrrole nitrogens is 1. The maximum Gasteiger partial charge on any atom is 0.221 e. The normalized spacial score (nSPS) is 11.4. The van der Waals surface area contributed by atoms with E-state index in [0.717, 1.165) is 47.6 Å². The molecule has 0 atom stereocenters. The Balaban J connectivity index is 1.46. The zero-order chi connectivity index (χ0) is 21.2. The molecule has 5 rings (SSSR count). The molecule has 0 aliphatic carbocycles. The first-order chi connectivity index (χ1) is 15.2. The van der Waals surface area contributed by atoms with Crippen LogP contribution in [0.3, 0.4) is 0 Å². The van der Waals surface area contributed by atoms with Crippen LogP contribution in [0.15, 0.2) is 54.9 Å². The summed E-state index contributed by atoms with van der Waals surface area (Å²) in [6, 6.07) is 14.3. The smallest absolute Gasteiger partial charge is 0.221 e. The van der Waals surface area contributed by atoms with Crippen molar-refractivity contribution in [3.8, 4) is 17.2 Å². The molecule has 0 amide bonds. The molecule has 3 N–H and O–H groups in total. The molecule has 4 heterocycles. The lowest BCUT2D eigenvalue weighted by molar-refractivity contribution is 0.690. The summed E-state index contributed by atoms with van der Waals surface area (Å²) in [6.45, 7) is 2.90. The number of nitrogen functional groups attached to an aromatic ring is 1. The number of nitrogens with zero attached hydrogens (tertiary/aromatic N) is 7. The van der Waals surface area contributed by atoms with Crippen LogP contribution in [0.25, 0.3) is 28.4 Å². The average molecular weight is 413 g/mol. The van der Waals surface area contributed by atoms with Crippen molar-refractivity contribution in [3.05, 3.63) is 66.2 Å². The number of hydrogen-bond donors (Lipinski definition) is 2. The first-order valence-corrected chi connectivity index (χ1v) is 10.3. The van der Waals surface area contributed by atoms with Crippen LogP contribution in [0, 0.1) is 0 Å². The van der Waals surface area contributed by atoms with E-state index < -0.39 is 0 Å². The molecule has 0 bridgehead atoms. The standard InChI is InChI=1S/C22H23N9/c1-2-3-6-20-25-21-19(12-16(23)13-24-21)31(20)14-15-7-9-17(10-8-15)30-11-4-5-18(30)22-26-28-29-27-22/h4-5,7-13H,2-3,6,14,23H2,1H3,(H,26,27,28,29). The molecule has 0 saturated carbocycles. The third-order valence-electron chi connectivity index (χ3n) is 5.34. The fourth-order valence-electron chi connectivity index (χ4n) is 3.77. The van der Waals surface area contributed by atoms with E-state index in [-0.39, 0.29) is 0 Å². The molecule has 4 aromatic heterocycles. The van der Waals surface area contributed by atoms with Gasteiger partial charge >= 0.3 is 0 Å². The van der Waals surface area contributed by atoms with E-state index in [2.05, 4.69) is 61.4 Å². The van der Waals surface area contributed by atoms with Gasteiger partial charge in [0.05, 0.1) is 23.1 Å².